The molecule has 1 atom stereocenters. The molecule has 0 saturated heterocycles. The average Bonchev–Trinajstić information content (AvgIpc) is 3.12. The second kappa shape index (κ2) is 7.79. The van der Waals surface area contributed by atoms with Gasteiger partial charge in [-0.15, -0.1) is 0 Å². The van der Waals surface area contributed by atoms with Crippen LogP contribution in [0.5, 0.6) is 0 Å². The molecule has 1 aliphatic rings. The van der Waals surface area contributed by atoms with E-state index < -0.39 is 0 Å². The summed E-state index contributed by atoms with van der Waals surface area (Å²) in [6, 6.07) is 5.54. The van der Waals surface area contributed by atoms with Crippen LogP contribution in [0.1, 0.15) is 65.3 Å². The number of aromatic nitrogens is 2. The zero-order valence-corrected chi connectivity index (χ0v) is 16.5. The van der Waals surface area contributed by atoms with Crippen molar-refractivity contribution in [2.24, 2.45) is 17.3 Å². The fourth-order valence-electron chi connectivity index (χ4n) is 3.74. The molecule has 0 spiro atoms. The van der Waals surface area contributed by atoms with E-state index in [0.717, 1.165) is 25.7 Å². The van der Waals surface area contributed by atoms with Crippen molar-refractivity contribution in [3.8, 4) is 11.4 Å². The number of rotatable bonds is 4. The highest BCUT2D eigenvalue weighted by Gasteiger charge is 2.33. The number of hydrogen-bond donors (Lipinski definition) is 1. The van der Waals surface area contributed by atoms with E-state index in [1.165, 1.54) is 12.1 Å². The standard InChI is InChI=1S/C21H28FN3O2/c1-13(20-24-18(25-27-20)14-7-11-17(22)12-8-14)23-19(26)15-5-9-16(10-6-15)21(2,3)4/h7-8,11-13,15-16H,5-6,9-10H2,1-4H3,(H,23,26). The number of amides is 1. The Labute approximate surface area is 159 Å². The topological polar surface area (TPSA) is 68.0 Å². The fraction of sp³-hybridized carbons (Fsp3) is 0.571. The second-order valence-corrected chi connectivity index (χ2v) is 8.61. The number of benzene rings is 1. The SMILES string of the molecule is CC(NC(=O)C1CCC(C(C)(C)C)CC1)c1nc(-c2ccc(F)cc2)no1. The molecule has 1 fully saturated rings. The Bertz CT molecular complexity index is 771. The van der Waals surface area contributed by atoms with Gasteiger partial charge in [-0.3, -0.25) is 4.79 Å². The Morgan fingerprint density at radius 3 is 2.41 bits per heavy atom. The van der Waals surface area contributed by atoms with Crippen molar-refractivity contribution in [2.75, 3.05) is 0 Å². The van der Waals surface area contributed by atoms with Gasteiger partial charge in [-0.2, -0.15) is 4.98 Å². The molecule has 1 aromatic carbocycles. The molecule has 5 nitrogen and oxygen atoms in total. The zero-order valence-electron chi connectivity index (χ0n) is 16.5. The minimum Gasteiger partial charge on any atom is -0.344 e. The van der Waals surface area contributed by atoms with E-state index in [-0.39, 0.29) is 23.7 Å². The average molecular weight is 373 g/mol. The molecule has 2 aromatic rings. The predicted molar refractivity (Wildman–Crippen MR) is 101 cm³/mol. The summed E-state index contributed by atoms with van der Waals surface area (Å²) in [7, 11) is 0. The maximum absolute atomic E-state index is 13.0. The highest BCUT2D eigenvalue weighted by molar-refractivity contribution is 5.79. The lowest BCUT2D eigenvalue weighted by Gasteiger charge is -2.36. The molecule has 3 rings (SSSR count). The molecule has 1 saturated carbocycles. The van der Waals surface area contributed by atoms with Crippen LogP contribution in [0.15, 0.2) is 28.8 Å². The quantitative estimate of drug-likeness (QED) is 0.827. The molecule has 27 heavy (non-hydrogen) atoms. The summed E-state index contributed by atoms with van der Waals surface area (Å²) in [5, 5.41) is 6.93. The molecule has 1 amide bonds. The highest BCUT2D eigenvalue weighted by atomic mass is 19.1. The smallest absolute Gasteiger partial charge is 0.249 e. The van der Waals surface area contributed by atoms with Crippen LogP contribution in [0.2, 0.25) is 0 Å². The minimum absolute atomic E-state index is 0.0468. The molecule has 1 aliphatic carbocycles. The Hall–Kier alpha value is -2.24. The molecule has 1 unspecified atom stereocenters. The summed E-state index contributed by atoms with van der Waals surface area (Å²) in [5.74, 6) is 1.20. The normalized spacial score (nSPS) is 21.7. The van der Waals surface area contributed by atoms with Gasteiger partial charge in [0.25, 0.3) is 0 Å². The van der Waals surface area contributed by atoms with Gasteiger partial charge in [-0.05, 0) is 68.2 Å². The molecule has 0 bridgehead atoms. The third kappa shape index (κ3) is 4.73. The first kappa shape index (κ1) is 19.5. The van der Waals surface area contributed by atoms with Gasteiger partial charge in [0.15, 0.2) is 0 Å². The molecule has 146 valence electrons. The predicted octanol–water partition coefficient (Wildman–Crippen LogP) is 4.91. The molecule has 1 heterocycles. The van der Waals surface area contributed by atoms with E-state index in [9.17, 15) is 9.18 Å². The number of nitrogens with one attached hydrogen (secondary N) is 1. The third-order valence-corrected chi connectivity index (χ3v) is 5.60. The van der Waals surface area contributed by atoms with Gasteiger partial charge in [-0.1, -0.05) is 25.9 Å². The second-order valence-electron chi connectivity index (χ2n) is 8.61. The number of halogens is 1. The molecule has 1 aromatic heterocycles. The van der Waals surface area contributed by atoms with Crippen LogP contribution in [-0.2, 0) is 4.79 Å². The van der Waals surface area contributed by atoms with Crippen LogP contribution in [0.25, 0.3) is 11.4 Å². The van der Waals surface area contributed by atoms with E-state index in [1.807, 2.05) is 6.92 Å². The van der Waals surface area contributed by atoms with Crippen molar-refractivity contribution in [3.05, 3.63) is 36.0 Å². The van der Waals surface area contributed by atoms with E-state index in [2.05, 4.69) is 36.2 Å². The maximum Gasteiger partial charge on any atom is 0.249 e. The summed E-state index contributed by atoms with van der Waals surface area (Å²) in [6.07, 6.45) is 4.02. The molecular weight excluding hydrogens is 345 g/mol. The number of carbonyl (C=O) groups is 1. The summed E-state index contributed by atoms with van der Waals surface area (Å²) < 4.78 is 18.3. The van der Waals surface area contributed by atoms with Gasteiger partial charge in [0.05, 0.1) is 0 Å². The van der Waals surface area contributed by atoms with Gasteiger partial charge in [0.2, 0.25) is 17.6 Å². The monoisotopic (exact) mass is 373 g/mol. The van der Waals surface area contributed by atoms with Crippen LogP contribution < -0.4 is 5.32 Å². The van der Waals surface area contributed by atoms with Gasteiger partial charge in [-0.25, -0.2) is 4.39 Å². The van der Waals surface area contributed by atoms with Crippen LogP contribution in [0.4, 0.5) is 4.39 Å². The summed E-state index contributed by atoms with van der Waals surface area (Å²) in [5.41, 5.74) is 0.973. The maximum atomic E-state index is 13.0. The minimum atomic E-state index is -0.362. The lowest BCUT2D eigenvalue weighted by molar-refractivity contribution is -0.127. The largest absolute Gasteiger partial charge is 0.344 e. The Morgan fingerprint density at radius 2 is 1.81 bits per heavy atom. The van der Waals surface area contributed by atoms with E-state index >= 15 is 0 Å². The lowest BCUT2D eigenvalue weighted by Crippen LogP contribution is -2.36. The van der Waals surface area contributed by atoms with Crippen LogP contribution >= 0.6 is 0 Å². The summed E-state index contributed by atoms with van der Waals surface area (Å²) in [4.78, 5) is 16.9. The lowest BCUT2D eigenvalue weighted by atomic mass is 9.69. The first-order valence-electron chi connectivity index (χ1n) is 9.64. The highest BCUT2D eigenvalue weighted by Crippen LogP contribution is 2.40. The first-order chi connectivity index (χ1) is 12.7. The van der Waals surface area contributed by atoms with E-state index in [4.69, 9.17) is 4.52 Å². The molecule has 0 aliphatic heterocycles. The Kier molecular flexibility index (Phi) is 5.63. The van der Waals surface area contributed by atoms with Crippen molar-refractivity contribution in [1.82, 2.24) is 15.5 Å². The first-order valence-corrected chi connectivity index (χ1v) is 9.64. The van der Waals surface area contributed by atoms with Crippen LogP contribution in [0, 0.1) is 23.1 Å². The van der Waals surface area contributed by atoms with Gasteiger partial charge in [0, 0.05) is 11.5 Å². The molecule has 1 N–H and O–H groups in total. The van der Waals surface area contributed by atoms with Crippen molar-refractivity contribution in [1.29, 1.82) is 0 Å². The van der Waals surface area contributed by atoms with Crippen LogP contribution in [0.3, 0.4) is 0 Å². The third-order valence-electron chi connectivity index (χ3n) is 5.60. The zero-order chi connectivity index (χ0) is 19.6. The van der Waals surface area contributed by atoms with Crippen molar-refractivity contribution in [3.63, 3.8) is 0 Å². The summed E-state index contributed by atoms with van der Waals surface area (Å²) in [6.45, 7) is 8.65. The molecule has 0 radical (unpaired) electrons. The number of nitrogens with zero attached hydrogens (tertiary/aromatic N) is 2. The van der Waals surface area contributed by atoms with Crippen LogP contribution in [-0.4, -0.2) is 16.0 Å². The van der Waals surface area contributed by atoms with E-state index in [1.54, 1.807) is 12.1 Å². The number of carbonyl (C=O) groups excluding carboxylic acids is 1. The summed E-state index contributed by atoms with van der Waals surface area (Å²) >= 11 is 0. The Balaban J connectivity index is 1.57. The van der Waals surface area contributed by atoms with Crippen molar-refractivity contribution in [2.45, 2.75) is 59.4 Å². The molecular formula is C21H28FN3O2. The van der Waals surface area contributed by atoms with Crippen molar-refractivity contribution < 1.29 is 13.7 Å². The Morgan fingerprint density at radius 1 is 1.19 bits per heavy atom. The van der Waals surface area contributed by atoms with Gasteiger partial charge >= 0.3 is 0 Å². The van der Waals surface area contributed by atoms with Gasteiger partial charge < -0.3 is 9.84 Å². The number of hydrogen-bond acceptors (Lipinski definition) is 4. The fourth-order valence-corrected chi connectivity index (χ4v) is 3.74. The van der Waals surface area contributed by atoms with E-state index in [0.29, 0.717) is 28.6 Å². The van der Waals surface area contributed by atoms with Gasteiger partial charge in [0.1, 0.15) is 11.9 Å². The van der Waals surface area contributed by atoms with Crippen molar-refractivity contribution >= 4 is 5.91 Å². The molecule has 6 heteroatoms.